The lowest BCUT2D eigenvalue weighted by Crippen LogP contribution is -2.48. The van der Waals surface area contributed by atoms with Crippen LogP contribution in [0.15, 0.2) is 0 Å². The Morgan fingerprint density at radius 3 is 2.89 bits per heavy atom. The highest BCUT2D eigenvalue weighted by atomic mass is 32.2. The second-order valence-electron chi connectivity index (χ2n) is 4.21. The number of carbonyl (C=O) groups is 2. The van der Waals surface area contributed by atoms with Crippen LogP contribution in [0.2, 0.25) is 0 Å². The van der Waals surface area contributed by atoms with Gasteiger partial charge in [0.25, 0.3) is 0 Å². The number of thioether (sulfide) groups is 1. The predicted molar refractivity (Wildman–Crippen MR) is 69.5 cm³/mol. The molecule has 1 amide bonds. The lowest BCUT2D eigenvalue weighted by molar-refractivity contribution is -0.141. The molecule has 18 heavy (non-hydrogen) atoms. The first-order valence-electron chi connectivity index (χ1n) is 5.90. The standard InChI is InChI=1S/C11H20N2O4S/c1-17-9(6-12)5-10(14)13-2-3-18-7-8(13)4-11(15)16/h8-9H,2-7,12H2,1H3,(H,15,16). The molecule has 6 nitrogen and oxygen atoms in total. The molecule has 2 unspecified atom stereocenters. The molecule has 1 heterocycles. The van der Waals surface area contributed by atoms with Gasteiger partial charge >= 0.3 is 5.97 Å². The predicted octanol–water partition coefficient (Wildman–Crippen LogP) is -0.231. The Bertz CT molecular complexity index is 297. The van der Waals surface area contributed by atoms with Gasteiger partial charge in [-0.05, 0) is 0 Å². The Kier molecular flexibility index (Phi) is 6.45. The van der Waals surface area contributed by atoms with Crippen molar-refractivity contribution in [2.45, 2.75) is 25.0 Å². The number of hydrogen-bond acceptors (Lipinski definition) is 5. The molecule has 1 aliphatic rings. The summed E-state index contributed by atoms with van der Waals surface area (Å²) in [5.74, 6) is 0.585. The third kappa shape index (κ3) is 4.47. The Balaban J connectivity index is 2.59. The second-order valence-corrected chi connectivity index (χ2v) is 5.36. The SMILES string of the molecule is COC(CN)CC(=O)N1CCSCC1CC(=O)O. The molecule has 0 radical (unpaired) electrons. The van der Waals surface area contributed by atoms with Crippen molar-refractivity contribution >= 4 is 23.6 Å². The Morgan fingerprint density at radius 2 is 2.33 bits per heavy atom. The first kappa shape index (κ1) is 15.3. The largest absolute Gasteiger partial charge is 0.481 e. The normalized spacial score (nSPS) is 21.7. The van der Waals surface area contributed by atoms with Gasteiger partial charge in [-0.1, -0.05) is 0 Å². The van der Waals surface area contributed by atoms with Gasteiger partial charge in [-0.25, -0.2) is 0 Å². The van der Waals surface area contributed by atoms with Crippen LogP contribution in [0.1, 0.15) is 12.8 Å². The highest BCUT2D eigenvalue weighted by molar-refractivity contribution is 7.99. The van der Waals surface area contributed by atoms with E-state index in [4.69, 9.17) is 15.6 Å². The maximum absolute atomic E-state index is 12.1. The van der Waals surface area contributed by atoms with Crippen molar-refractivity contribution < 1.29 is 19.4 Å². The van der Waals surface area contributed by atoms with E-state index in [1.54, 1.807) is 16.7 Å². The smallest absolute Gasteiger partial charge is 0.305 e. The fourth-order valence-electron chi connectivity index (χ4n) is 1.93. The summed E-state index contributed by atoms with van der Waals surface area (Å²) in [5.41, 5.74) is 5.48. The Labute approximate surface area is 111 Å². The van der Waals surface area contributed by atoms with Gasteiger partial charge in [0.2, 0.25) is 5.91 Å². The van der Waals surface area contributed by atoms with Crippen molar-refractivity contribution in [3.05, 3.63) is 0 Å². The number of carboxylic acid groups (broad SMARTS) is 1. The fraction of sp³-hybridized carbons (Fsp3) is 0.818. The van der Waals surface area contributed by atoms with Gasteiger partial charge in [0.15, 0.2) is 0 Å². The van der Waals surface area contributed by atoms with Crippen molar-refractivity contribution in [3.8, 4) is 0 Å². The monoisotopic (exact) mass is 276 g/mol. The Morgan fingerprint density at radius 1 is 1.61 bits per heavy atom. The van der Waals surface area contributed by atoms with Crippen LogP contribution >= 0.6 is 11.8 Å². The van der Waals surface area contributed by atoms with Crippen LogP contribution in [-0.4, -0.2) is 65.7 Å². The van der Waals surface area contributed by atoms with Crippen LogP contribution in [0.25, 0.3) is 0 Å². The average molecular weight is 276 g/mol. The van der Waals surface area contributed by atoms with Crippen molar-refractivity contribution in [3.63, 3.8) is 0 Å². The molecule has 0 aromatic carbocycles. The number of hydrogen-bond donors (Lipinski definition) is 2. The zero-order valence-corrected chi connectivity index (χ0v) is 11.3. The van der Waals surface area contributed by atoms with Crippen LogP contribution in [0.5, 0.6) is 0 Å². The molecule has 3 N–H and O–H groups in total. The minimum Gasteiger partial charge on any atom is -0.481 e. The molecule has 1 fully saturated rings. The number of amides is 1. The minimum absolute atomic E-state index is 0.000978. The van der Waals surface area contributed by atoms with E-state index in [-0.39, 0.29) is 37.4 Å². The van der Waals surface area contributed by atoms with Gasteiger partial charge in [0.1, 0.15) is 0 Å². The van der Waals surface area contributed by atoms with Gasteiger partial charge in [-0.15, -0.1) is 0 Å². The van der Waals surface area contributed by atoms with Crippen LogP contribution in [0.3, 0.4) is 0 Å². The summed E-state index contributed by atoms with van der Waals surface area (Å²) in [4.78, 5) is 24.5. The number of nitrogens with two attached hydrogens (primary N) is 1. The van der Waals surface area contributed by atoms with E-state index in [9.17, 15) is 9.59 Å². The lowest BCUT2D eigenvalue weighted by Gasteiger charge is -2.35. The summed E-state index contributed by atoms with van der Waals surface area (Å²) >= 11 is 1.68. The summed E-state index contributed by atoms with van der Waals surface area (Å²) in [6.07, 6.45) is -0.0788. The molecule has 2 atom stereocenters. The number of aliphatic carboxylic acids is 1. The summed E-state index contributed by atoms with van der Waals surface area (Å²) in [7, 11) is 1.52. The van der Waals surface area contributed by atoms with E-state index in [0.717, 1.165) is 5.75 Å². The van der Waals surface area contributed by atoms with Gasteiger partial charge in [-0.2, -0.15) is 11.8 Å². The molecule has 0 aliphatic carbocycles. The molecule has 0 saturated carbocycles. The molecule has 0 aromatic heterocycles. The van der Waals surface area contributed by atoms with Crippen molar-refractivity contribution in [1.82, 2.24) is 4.90 Å². The maximum atomic E-state index is 12.1. The topological polar surface area (TPSA) is 92.9 Å². The first-order valence-corrected chi connectivity index (χ1v) is 7.05. The molecule has 1 aliphatic heterocycles. The van der Waals surface area contributed by atoms with Gasteiger partial charge in [0.05, 0.1) is 25.0 Å². The summed E-state index contributed by atoms with van der Waals surface area (Å²) in [6.45, 7) is 0.886. The molecule has 0 aromatic rings. The van der Waals surface area contributed by atoms with Crippen LogP contribution in [-0.2, 0) is 14.3 Å². The van der Waals surface area contributed by atoms with E-state index in [0.29, 0.717) is 12.3 Å². The summed E-state index contributed by atoms with van der Waals surface area (Å²) in [5, 5.41) is 8.85. The highest BCUT2D eigenvalue weighted by Crippen LogP contribution is 2.20. The minimum atomic E-state index is -0.873. The van der Waals surface area contributed by atoms with Gasteiger partial charge in [-0.3, -0.25) is 9.59 Å². The van der Waals surface area contributed by atoms with Crippen molar-refractivity contribution in [1.29, 1.82) is 0 Å². The average Bonchev–Trinajstić information content (AvgIpc) is 2.35. The quantitative estimate of drug-likeness (QED) is 0.696. The zero-order valence-electron chi connectivity index (χ0n) is 10.5. The zero-order chi connectivity index (χ0) is 13.5. The molecule has 1 saturated heterocycles. The van der Waals surface area contributed by atoms with Crippen molar-refractivity contribution in [2.24, 2.45) is 5.73 Å². The first-order chi connectivity index (χ1) is 8.58. The van der Waals surface area contributed by atoms with E-state index >= 15 is 0 Å². The number of rotatable bonds is 6. The second kappa shape index (κ2) is 7.60. The molecular formula is C11H20N2O4S. The third-order valence-corrected chi connectivity index (χ3v) is 4.05. The summed E-state index contributed by atoms with van der Waals surface area (Å²) in [6, 6.07) is -0.218. The van der Waals surface area contributed by atoms with E-state index in [2.05, 4.69) is 0 Å². The molecular weight excluding hydrogens is 256 g/mol. The maximum Gasteiger partial charge on any atom is 0.305 e. The van der Waals surface area contributed by atoms with Gasteiger partial charge < -0.3 is 20.5 Å². The van der Waals surface area contributed by atoms with E-state index in [1.807, 2.05) is 0 Å². The Hall–Kier alpha value is -0.790. The lowest BCUT2D eigenvalue weighted by atomic mass is 10.1. The summed E-state index contributed by atoms with van der Waals surface area (Å²) < 4.78 is 5.08. The molecule has 104 valence electrons. The number of carboxylic acids is 1. The van der Waals surface area contributed by atoms with Crippen LogP contribution in [0.4, 0.5) is 0 Å². The number of methoxy groups -OCH3 is 1. The highest BCUT2D eigenvalue weighted by Gasteiger charge is 2.29. The van der Waals surface area contributed by atoms with Gasteiger partial charge in [0, 0.05) is 31.7 Å². The number of nitrogens with zero attached hydrogens (tertiary/aromatic N) is 1. The van der Waals surface area contributed by atoms with E-state index in [1.165, 1.54) is 7.11 Å². The fourth-order valence-corrected chi connectivity index (χ4v) is 2.99. The molecule has 7 heteroatoms. The van der Waals surface area contributed by atoms with Crippen LogP contribution < -0.4 is 5.73 Å². The van der Waals surface area contributed by atoms with Crippen LogP contribution in [0, 0.1) is 0 Å². The molecule has 1 rings (SSSR count). The third-order valence-electron chi connectivity index (χ3n) is 2.96. The molecule has 0 spiro atoms. The number of ether oxygens (including phenoxy) is 1. The van der Waals surface area contributed by atoms with E-state index < -0.39 is 5.97 Å². The molecule has 0 bridgehead atoms. The number of carbonyl (C=O) groups excluding carboxylic acids is 1. The van der Waals surface area contributed by atoms with Crippen molar-refractivity contribution in [2.75, 3.05) is 31.7 Å².